The molecule has 0 N–H and O–H groups in total. The summed E-state index contributed by atoms with van der Waals surface area (Å²) in [5, 5.41) is 2.54. The number of rotatable bonds is 2. The molecule has 3 heteroatoms. The number of benzene rings is 1. The van der Waals surface area contributed by atoms with Crippen molar-refractivity contribution in [3.05, 3.63) is 57.2 Å². The summed E-state index contributed by atoms with van der Waals surface area (Å²) in [4.78, 5) is 12.5. The van der Waals surface area contributed by atoms with Gasteiger partial charge in [0.15, 0.2) is 0 Å². The van der Waals surface area contributed by atoms with Crippen molar-refractivity contribution in [2.24, 2.45) is 0 Å². The zero-order valence-corrected chi connectivity index (χ0v) is 8.81. The molecular weight excluding hydrogens is 216 g/mol. The van der Waals surface area contributed by atoms with E-state index in [1.54, 1.807) is 24.3 Å². The van der Waals surface area contributed by atoms with Gasteiger partial charge in [0.25, 0.3) is 0 Å². The minimum absolute atomic E-state index is 0.0525. The first-order chi connectivity index (χ1) is 6.77. The van der Waals surface area contributed by atoms with Gasteiger partial charge in [0.2, 0.25) is 5.78 Å². The lowest BCUT2D eigenvalue weighted by Gasteiger charge is -1.97. The molecule has 2 rings (SSSR count). The highest BCUT2D eigenvalue weighted by molar-refractivity contribution is 7.12. The smallest absolute Gasteiger partial charge is 0.202 e. The van der Waals surface area contributed by atoms with Gasteiger partial charge in [0.05, 0.1) is 4.88 Å². The van der Waals surface area contributed by atoms with Crippen LogP contribution in [0.25, 0.3) is 0 Å². The molecule has 70 valence electrons. The van der Waals surface area contributed by atoms with Gasteiger partial charge >= 0.3 is 0 Å². The largest absolute Gasteiger partial charge is 0.288 e. The first-order valence-corrected chi connectivity index (χ1v) is 5.37. The zero-order chi connectivity index (χ0) is 9.97. The molecule has 0 atom stereocenters. The van der Waals surface area contributed by atoms with E-state index in [0.29, 0.717) is 10.6 Å². The average Bonchev–Trinajstić information content (AvgIpc) is 2.71. The summed E-state index contributed by atoms with van der Waals surface area (Å²) < 4.78 is 0. The van der Waals surface area contributed by atoms with Crippen molar-refractivity contribution < 1.29 is 4.79 Å². The highest BCUT2D eigenvalue weighted by Gasteiger charge is 2.08. The predicted molar refractivity (Wildman–Crippen MR) is 59.2 cm³/mol. The summed E-state index contributed by atoms with van der Waals surface area (Å²) in [6.07, 6.45) is 0. The van der Waals surface area contributed by atoms with Crippen molar-refractivity contribution >= 4 is 28.7 Å². The SMILES string of the molecule is O=C(c1ccc(Cl)cc1)c1cccs1. The molecule has 14 heavy (non-hydrogen) atoms. The standard InChI is InChI=1S/C11H7ClOS/c12-9-5-3-8(4-6-9)11(13)10-2-1-7-14-10/h1-7H. The second-order valence-electron chi connectivity index (χ2n) is 2.81. The van der Waals surface area contributed by atoms with E-state index in [1.165, 1.54) is 11.3 Å². The summed E-state index contributed by atoms with van der Waals surface area (Å²) in [5.41, 5.74) is 0.678. The van der Waals surface area contributed by atoms with Crippen LogP contribution < -0.4 is 0 Å². The summed E-state index contributed by atoms with van der Waals surface area (Å²) in [6, 6.07) is 10.6. The summed E-state index contributed by atoms with van der Waals surface area (Å²) in [6.45, 7) is 0. The third kappa shape index (κ3) is 1.86. The van der Waals surface area contributed by atoms with E-state index in [0.717, 1.165) is 4.88 Å². The van der Waals surface area contributed by atoms with Gasteiger partial charge in [-0.15, -0.1) is 11.3 Å². The summed E-state index contributed by atoms with van der Waals surface area (Å²) >= 11 is 7.18. The molecular formula is C11H7ClOS. The Morgan fingerprint density at radius 3 is 2.43 bits per heavy atom. The van der Waals surface area contributed by atoms with E-state index in [4.69, 9.17) is 11.6 Å². The fourth-order valence-corrected chi connectivity index (χ4v) is 1.96. The van der Waals surface area contributed by atoms with Crippen molar-refractivity contribution in [1.82, 2.24) is 0 Å². The lowest BCUT2D eigenvalue weighted by atomic mass is 10.1. The zero-order valence-electron chi connectivity index (χ0n) is 7.24. The van der Waals surface area contributed by atoms with E-state index in [-0.39, 0.29) is 5.78 Å². The van der Waals surface area contributed by atoms with Crippen LogP contribution in [0.15, 0.2) is 41.8 Å². The Balaban J connectivity index is 2.33. The second-order valence-corrected chi connectivity index (χ2v) is 4.20. The van der Waals surface area contributed by atoms with Crippen molar-refractivity contribution in [3.63, 3.8) is 0 Å². The van der Waals surface area contributed by atoms with Crippen LogP contribution in [0.4, 0.5) is 0 Å². The highest BCUT2D eigenvalue weighted by atomic mass is 35.5. The molecule has 0 fully saturated rings. The van der Waals surface area contributed by atoms with Crippen molar-refractivity contribution in [1.29, 1.82) is 0 Å². The molecule has 1 heterocycles. The number of carbonyl (C=O) groups is 1. The van der Waals surface area contributed by atoms with E-state index >= 15 is 0 Å². The molecule has 0 amide bonds. The average molecular weight is 223 g/mol. The number of hydrogen-bond acceptors (Lipinski definition) is 2. The molecule has 0 saturated heterocycles. The molecule has 0 bridgehead atoms. The van der Waals surface area contributed by atoms with Gasteiger partial charge in [-0.1, -0.05) is 17.7 Å². The Kier molecular flexibility index (Phi) is 2.66. The van der Waals surface area contributed by atoms with E-state index < -0.39 is 0 Å². The molecule has 0 saturated carbocycles. The van der Waals surface area contributed by atoms with Crippen LogP contribution in [0.1, 0.15) is 15.2 Å². The Morgan fingerprint density at radius 2 is 1.86 bits per heavy atom. The Hall–Kier alpha value is -1.12. The number of ketones is 1. The van der Waals surface area contributed by atoms with Crippen LogP contribution in [0.5, 0.6) is 0 Å². The highest BCUT2D eigenvalue weighted by Crippen LogP contribution is 2.16. The topological polar surface area (TPSA) is 17.1 Å². The lowest BCUT2D eigenvalue weighted by molar-refractivity contribution is 0.104. The normalized spacial score (nSPS) is 10.1. The Bertz CT molecular complexity index is 431. The number of halogens is 1. The number of thiophene rings is 1. The predicted octanol–water partition coefficient (Wildman–Crippen LogP) is 3.63. The fourth-order valence-electron chi connectivity index (χ4n) is 1.15. The molecule has 1 nitrogen and oxygen atoms in total. The van der Waals surface area contributed by atoms with E-state index in [9.17, 15) is 4.79 Å². The monoisotopic (exact) mass is 222 g/mol. The quantitative estimate of drug-likeness (QED) is 0.710. The Labute approximate surface area is 91.0 Å². The third-order valence-corrected chi connectivity index (χ3v) is 2.97. The van der Waals surface area contributed by atoms with Crippen molar-refractivity contribution in [2.75, 3.05) is 0 Å². The maximum Gasteiger partial charge on any atom is 0.202 e. The Morgan fingerprint density at radius 1 is 1.14 bits per heavy atom. The summed E-state index contributed by atoms with van der Waals surface area (Å²) in [5.74, 6) is 0.0525. The molecule has 0 radical (unpaired) electrons. The van der Waals surface area contributed by atoms with Crippen LogP contribution >= 0.6 is 22.9 Å². The van der Waals surface area contributed by atoms with Gasteiger partial charge in [-0.05, 0) is 35.7 Å². The first kappa shape index (κ1) is 9.44. The van der Waals surface area contributed by atoms with Crippen LogP contribution in [-0.4, -0.2) is 5.78 Å². The van der Waals surface area contributed by atoms with Crippen molar-refractivity contribution in [3.8, 4) is 0 Å². The number of hydrogen-bond donors (Lipinski definition) is 0. The minimum atomic E-state index is 0.0525. The molecule has 0 unspecified atom stereocenters. The molecule has 1 aromatic carbocycles. The number of carbonyl (C=O) groups excluding carboxylic acids is 1. The molecule has 0 aliphatic rings. The van der Waals surface area contributed by atoms with Gasteiger partial charge < -0.3 is 0 Å². The maximum atomic E-state index is 11.8. The van der Waals surface area contributed by atoms with Gasteiger partial charge in [-0.25, -0.2) is 0 Å². The first-order valence-electron chi connectivity index (χ1n) is 4.11. The van der Waals surface area contributed by atoms with Gasteiger partial charge in [0, 0.05) is 10.6 Å². The van der Waals surface area contributed by atoms with Crippen LogP contribution in [0.2, 0.25) is 5.02 Å². The molecule has 1 aromatic heterocycles. The van der Waals surface area contributed by atoms with Gasteiger partial charge in [-0.3, -0.25) is 4.79 Å². The van der Waals surface area contributed by atoms with Crippen LogP contribution in [-0.2, 0) is 0 Å². The minimum Gasteiger partial charge on any atom is -0.288 e. The molecule has 0 spiro atoms. The maximum absolute atomic E-state index is 11.8. The van der Waals surface area contributed by atoms with Gasteiger partial charge in [-0.2, -0.15) is 0 Å². The molecule has 2 aromatic rings. The molecule has 0 aliphatic carbocycles. The van der Waals surface area contributed by atoms with E-state index in [2.05, 4.69) is 0 Å². The van der Waals surface area contributed by atoms with Crippen LogP contribution in [0, 0.1) is 0 Å². The van der Waals surface area contributed by atoms with Gasteiger partial charge in [0.1, 0.15) is 0 Å². The molecule has 0 aliphatic heterocycles. The second kappa shape index (κ2) is 3.95. The van der Waals surface area contributed by atoms with Crippen LogP contribution in [0.3, 0.4) is 0 Å². The lowest BCUT2D eigenvalue weighted by Crippen LogP contribution is -1.97. The van der Waals surface area contributed by atoms with E-state index in [1.807, 2.05) is 17.5 Å². The van der Waals surface area contributed by atoms with Crippen molar-refractivity contribution in [2.45, 2.75) is 0 Å². The summed E-state index contributed by atoms with van der Waals surface area (Å²) in [7, 11) is 0. The third-order valence-electron chi connectivity index (χ3n) is 1.85. The fraction of sp³-hybridized carbons (Fsp3) is 0.